The first-order valence-corrected chi connectivity index (χ1v) is 9.67. The minimum Gasteiger partial charge on any atom is -0.232 e. The molecule has 0 amide bonds. The van der Waals surface area contributed by atoms with Gasteiger partial charge < -0.3 is 0 Å². The summed E-state index contributed by atoms with van der Waals surface area (Å²) in [5.41, 5.74) is -1.08. The molecule has 0 aliphatic rings. The van der Waals surface area contributed by atoms with Crippen molar-refractivity contribution in [2.75, 3.05) is 0 Å². The molecule has 0 saturated heterocycles. The van der Waals surface area contributed by atoms with Crippen LogP contribution in [-0.4, -0.2) is 9.78 Å². The molecule has 134 valence electrons. The summed E-state index contributed by atoms with van der Waals surface area (Å²) < 4.78 is 41.9. The molecular weight excluding hydrogens is 416 g/mol. The van der Waals surface area contributed by atoms with E-state index in [4.69, 9.17) is 0 Å². The van der Waals surface area contributed by atoms with Gasteiger partial charge in [-0.05, 0) is 42.4 Å². The maximum absolute atomic E-state index is 14.5. The lowest BCUT2D eigenvalue weighted by Crippen LogP contribution is -2.33. The summed E-state index contributed by atoms with van der Waals surface area (Å²) in [5.74, 6) is -0.864. The number of hydrogen-bond donors (Lipinski definition) is 0. The third-order valence-electron chi connectivity index (χ3n) is 4.44. The van der Waals surface area contributed by atoms with Crippen LogP contribution in [0.3, 0.4) is 0 Å². The summed E-state index contributed by atoms with van der Waals surface area (Å²) >= 11 is 1.70. The molecule has 0 aliphatic carbocycles. The molecule has 0 fully saturated rings. The van der Waals surface area contributed by atoms with Gasteiger partial charge in [-0.25, -0.2) is 13.5 Å². The number of alkyl halides is 2. The molecule has 0 aliphatic heterocycles. The average Bonchev–Trinajstić information content (AvgIpc) is 2.80. The Balaban J connectivity index is 2.94. The van der Waals surface area contributed by atoms with Crippen molar-refractivity contribution in [2.24, 2.45) is 0 Å². The smallest absolute Gasteiger partial charge is 0.232 e. The molecule has 0 N–H and O–H groups in total. The van der Waals surface area contributed by atoms with Crippen LogP contribution in [0.2, 0.25) is 0 Å². The zero-order valence-electron chi connectivity index (χ0n) is 14.3. The fourth-order valence-electron chi connectivity index (χ4n) is 2.93. The highest BCUT2D eigenvalue weighted by molar-refractivity contribution is 14.1. The van der Waals surface area contributed by atoms with Gasteiger partial charge >= 0.3 is 0 Å². The van der Waals surface area contributed by atoms with E-state index in [2.05, 4.69) is 18.9 Å². The SMILES string of the molecule is CCCCCCCC(C)(CCCC)n1nc(I)c(C(F)F)c1F. The molecule has 6 heteroatoms. The molecule has 1 aromatic rings. The first kappa shape index (κ1) is 20.8. The van der Waals surface area contributed by atoms with Crippen LogP contribution < -0.4 is 0 Å². The summed E-state index contributed by atoms with van der Waals surface area (Å²) in [6.07, 6.45) is 6.25. The van der Waals surface area contributed by atoms with Crippen LogP contribution in [0, 0.1) is 9.65 Å². The topological polar surface area (TPSA) is 17.8 Å². The van der Waals surface area contributed by atoms with Gasteiger partial charge in [0.15, 0.2) is 0 Å². The van der Waals surface area contributed by atoms with Crippen molar-refractivity contribution in [3.05, 3.63) is 15.2 Å². The Morgan fingerprint density at radius 2 is 1.61 bits per heavy atom. The first-order chi connectivity index (χ1) is 10.9. The van der Waals surface area contributed by atoms with Gasteiger partial charge in [-0.1, -0.05) is 58.8 Å². The molecule has 0 aromatic carbocycles. The number of hydrogen-bond acceptors (Lipinski definition) is 1. The normalized spacial score (nSPS) is 14.4. The van der Waals surface area contributed by atoms with E-state index >= 15 is 0 Å². The highest BCUT2D eigenvalue weighted by Crippen LogP contribution is 2.35. The number of halogens is 4. The fraction of sp³-hybridized carbons (Fsp3) is 0.824. The van der Waals surface area contributed by atoms with Gasteiger partial charge in [-0.15, -0.1) is 0 Å². The van der Waals surface area contributed by atoms with Gasteiger partial charge in [0.05, 0.1) is 5.54 Å². The number of aromatic nitrogens is 2. The lowest BCUT2D eigenvalue weighted by molar-refractivity contribution is 0.140. The van der Waals surface area contributed by atoms with Crippen molar-refractivity contribution in [2.45, 2.75) is 90.5 Å². The second-order valence-corrected chi connectivity index (χ2v) is 7.49. The van der Waals surface area contributed by atoms with E-state index in [-0.39, 0.29) is 3.70 Å². The van der Waals surface area contributed by atoms with Crippen molar-refractivity contribution >= 4 is 22.6 Å². The lowest BCUT2D eigenvalue weighted by Gasteiger charge is -2.30. The molecule has 1 aromatic heterocycles. The van der Waals surface area contributed by atoms with Gasteiger partial charge in [0.2, 0.25) is 5.95 Å². The summed E-state index contributed by atoms with van der Waals surface area (Å²) in [6.45, 7) is 6.19. The van der Waals surface area contributed by atoms with Crippen molar-refractivity contribution in [1.82, 2.24) is 9.78 Å². The molecule has 1 unspecified atom stereocenters. The Hall–Kier alpha value is -0.270. The maximum Gasteiger partial charge on any atom is 0.270 e. The lowest BCUT2D eigenvalue weighted by atomic mass is 9.88. The quantitative estimate of drug-likeness (QED) is 0.270. The monoisotopic (exact) mass is 444 g/mol. The van der Waals surface area contributed by atoms with Gasteiger partial charge in [0, 0.05) is 0 Å². The van der Waals surface area contributed by atoms with E-state index in [1.807, 2.05) is 6.92 Å². The van der Waals surface area contributed by atoms with Crippen molar-refractivity contribution in [3.8, 4) is 0 Å². The van der Waals surface area contributed by atoms with Gasteiger partial charge in [0.25, 0.3) is 6.43 Å². The summed E-state index contributed by atoms with van der Waals surface area (Å²) in [7, 11) is 0. The second kappa shape index (κ2) is 9.89. The van der Waals surface area contributed by atoms with Crippen LogP contribution in [0.1, 0.15) is 90.5 Å². The highest BCUT2D eigenvalue weighted by Gasteiger charge is 2.34. The average molecular weight is 444 g/mol. The molecule has 0 spiro atoms. The predicted molar refractivity (Wildman–Crippen MR) is 96.4 cm³/mol. The van der Waals surface area contributed by atoms with E-state index in [1.54, 1.807) is 22.6 Å². The zero-order valence-corrected chi connectivity index (χ0v) is 16.5. The van der Waals surface area contributed by atoms with Crippen molar-refractivity contribution < 1.29 is 13.2 Å². The van der Waals surface area contributed by atoms with Crippen LogP contribution in [0.15, 0.2) is 0 Å². The minimum atomic E-state index is -2.82. The molecule has 0 bridgehead atoms. The van der Waals surface area contributed by atoms with Crippen molar-refractivity contribution in [1.29, 1.82) is 0 Å². The molecule has 23 heavy (non-hydrogen) atoms. The van der Waals surface area contributed by atoms with Crippen molar-refractivity contribution in [3.63, 3.8) is 0 Å². The van der Waals surface area contributed by atoms with Gasteiger partial charge in [-0.3, -0.25) is 0 Å². The zero-order chi connectivity index (χ0) is 17.5. The standard InChI is InChI=1S/C17H28F3IN2/c1-4-6-8-9-10-12-17(3,11-7-5-2)23-15(20)13(14(18)19)16(21)22-23/h14H,4-12H2,1-3H3. The molecule has 1 heterocycles. The summed E-state index contributed by atoms with van der Waals surface area (Å²) in [4.78, 5) is 0. The maximum atomic E-state index is 14.5. The number of unbranched alkanes of at least 4 members (excludes halogenated alkanes) is 5. The van der Waals surface area contributed by atoms with Crippen LogP contribution in [0.25, 0.3) is 0 Å². The van der Waals surface area contributed by atoms with Crippen LogP contribution in [-0.2, 0) is 5.54 Å². The van der Waals surface area contributed by atoms with E-state index in [9.17, 15) is 13.2 Å². The molecule has 1 rings (SSSR count). The Bertz CT molecular complexity index is 477. The first-order valence-electron chi connectivity index (χ1n) is 8.60. The highest BCUT2D eigenvalue weighted by atomic mass is 127. The molecular formula is C17H28F3IN2. The third kappa shape index (κ3) is 5.64. The number of rotatable bonds is 11. The van der Waals surface area contributed by atoms with E-state index in [0.29, 0.717) is 0 Å². The Morgan fingerprint density at radius 1 is 1.04 bits per heavy atom. The minimum absolute atomic E-state index is 0.0730. The Morgan fingerprint density at radius 3 is 2.13 bits per heavy atom. The summed E-state index contributed by atoms with van der Waals surface area (Å²) in [6, 6.07) is 0. The summed E-state index contributed by atoms with van der Waals surface area (Å²) in [5, 5.41) is 4.12. The Labute approximate surface area is 151 Å². The second-order valence-electron chi connectivity index (χ2n) is 6.47. The van der Waals surface area contributed by atoms with Crippen LogP contribution in [0.5, 0.6) is 0 Å². The van der Waals surface area contributed by atoms with E-state index < -0.39 is 23.5 Å². The van der Waals surface area contributed by atoms with Crippen LogP contribution >= 0.6 is 22.6 Å². The largest absolute Gasteiger partial charge is 0.270 e. The number of nitrogens with zero attached hydrogens (tertiary/aromatic N) is 2. The van der Waals surface area contributed by atoms with E-state index in [0.717, 1.165) is 38.5 Å². The third-order valence-corrected chi connectivity index (χ3v) is 5.23. The molecule has 2 nitrogen and oxygen atoms in total. The fourth-order valence-corrected chi connectivity index (χ4v) is 3.60. The van der Waals surface area contributed by atoms with E-state index in [1.165, 1.54) is 23.9 Å². The molecule has 0 saturated carbocycles. The predicted octanol–water partition coefficient (Wildman–Crippen LogP) is 6.83. The van der Waals surface area contributed by atoms with Gasteiger partial charge in [0.1, 0.15) is 9.26 Å². The van der Waals surface area contributed by atoms with Gasteiger partial charge in [-0.2, -0.15) is 9.49 Å². The Kier molecular flexibility index (Phi) is 8.93. The molecule has 1 atom stereocenters. The molecule has 0 radical (unpaired) electrons. The van der Waals surface area contributed by atoms with Crippen LogP contribution in [0.4, 0.5) is 13.2 Å².